The maximum atomic E-state index is 11.3. The Balaban J connectivity index is 2.21. The fraction of sp³-hybridized carbons (Fsp3) is 0.308. The van der Waals surface area contributed by atoms with Gasteiger partial charge in [-0.25, -0.2) is 4.79 Å². The van der Waals surface area contributed by atoms with Crippen molar-refractivity contribution in [3.8, 4) is 0 Å². The van der Waals surface area contributed by atoms with E-state index in [1.807, 2.05) is 13.1 Å². The Kier molecular flexibility index (Phi) is 3.50. The van der Waals surface area contributed by atoms with Crippen LogP contribution in [-0.2, 0) is 20.0 Å². The molecule has 0 aromatic carbocycles. The maximum Gasteiger partial charge on any atom is 0.352 e. The summed E-state index contributed by atoms with van der Waals surface area (Å²) in [5.41, 5.74) is 1.56. The van der Waals surface area contributed by atoms with E-state index in [1.54, 1.807) is 21.6 Å². The van der Waals surface area contributed by atoms with E-state index in [4.69, 9.17) is 5.11 Å². The maximum absolute atomic E-state index is 11.3. The molecule has 0 aliphatic rings. The summed E-state index contributed by atoms with van der Waals surface area (Å²) in [7, 11) is 1.84. The van der Waals surface area contributed by atoms with Gasteiger partial charge in [0.25, 0.3) is 0 Å². The molecule has 6 heteroatoms. The van der Waals surface area contributed by atoms with Gasteiger partial charge in [-0.3, -0.25) is 9.48 Å². The summed E-state index contributed by atoms with van der Waals surface area (Å²) < 4.78 is 3.34. The molecule has 19 heavy (non-hydrogen) atoms. The highest BCUT2D eigenvalue weighted by molar-refractivity contribution is 5.97. The molecule has 0 radical (unpaired) electrons. The number of aryl methyl sites for hydroxylation is 3. The fourth-order valence-electron chi connectivity index (χ4n) is 1.95. The Hall–Kier alpha value is -2.37. The fourth-order valence-corrected chi connectivity index (χ4v) is 1.95. The Morgan fingerprint density at radius 3 is 2.68 bits per heavy atom. The normalized spacial score (nSPS) is 10.6. The highest BCUT2D eigenvalue weighted by atomic mass is 16.4. The number of hydrogen-bond acceptors (Lipinski definition) is 3. The van der Waals surface area contributed by atoms with E-state index < -0.39 is 5.97 Å². The van der Waals surface area contributed by atoms with Crippen LogP contribution in [0.15, 0.2) is 24.5 Å². The number of aromatic nitrogens is 3. The van der Waals surface area contributed by atoms with Crippen LogP contribution < -0.4 is 0 Å². The molecule has 2 rings (SSSR count). The molecular formula is C13H15N3O3. The third kappa shape index (κ3) is 2.73. The van der Waals surface area contributed by atoms with Gasteiger partial charge < -0.3 is 9.67 Å². The molecule has 0 aliphatic carbocycles. The summed E-state index contributed by atoms with van der Waals surface area (Å²) in [5, 5.41) is 13.2. The lowest BCUT2D eigenvalue weighted by atomic mass is 10.2. The highest BCUT2D eigenvalue weighted by Crippen LogP contribution is 2.11. The zero-order chi connectivity index (χ0) is 14.0. The van der Waals surface area contributed by atoms with Crippen LogP contribution >= 0.6 is 0 Å². The molecule has 2 aromatic rings. The molecule has 0 aliphatic heterocycles. The minimum absolute atomic E-state index is 0.132. The molecule has 0 saturated carbocycles. The van der Waals surface area contributed by atoms with Gasteiger partial charge in [-0.2, -0.15) is 5.10 Å². The third-order valence-corrected chi connectivity index (χ3v) is 3.05. The molecule has 0 fully saturated rings. The second kappa shape index (κ2) is 5.09. The number of carboxylic acid groups (broad SMARTS) is 1. The molecule has 0 bridgehead atoms. The Morgan fingerprint density at radius 1 is 1.42 bits per heavy atom. The first-order valence-electron chi connectivity index (χ1n) is 5.90. The monoisotopic (exact) mass is 261 g/mol. The van der Waals surface area contributed by atoms with Crippen LogP contribution in [0.3, 0.4) is 0 Å². The molecule has 2 aromatic heterocycles. The van der Waals surface area contributed by atoms with Crippen molar-refractivity contribution in [2.75, 3.05) is 0 Å². The Morgan fingerprint density at radius 2 is 2.16 bits per heavy atom. The third-order valence-electron chi connectivity index (χ3n) is 3.05. The smallest absolute Gasteiger partial charge is 0.352 e. The quantitative estimate of drug-likeness (QED) is 0.824. The molecule has 0 saturated heterocycles. The molecule has 0 amide bonds. The predicted octanol–water partition coefficient (Wildman–Crippen LogP) is 1.37. The lowest BCUT2D eigenvalue weighted by Crippen LogP contribution is -2.10. The highest BCUT2D eigenvalue weighted by Gasteiger charge is 2.14. The van der Waals surface area contributed by atoms with Crippen LogP contribution in [0.4, 0.5) is 0 Å². The van der Waals surface area contributed by atoms with E-state index in [0.717, 1.165) is 5.69 Å². The van der Waals surface area contributed by atoms with E-state index in [0.29, 0.717) is 18.5 Å². The number of carbonyl (C=O) groups is 2. The Bertz CT molecular complexity index is 625. The van der Waals surface area contributed by atoms with Crippen molar-refractivity contribution in [3.05, 3.63) is 41.5 Å². The van der Waals surface area contributed by atoms with Crippen molar-refractivity contribution in [1.29, 1.82) is 0 Å². The van der Waals surface area contributed by atoms with Gasteiger partial charge in [-0.05, 0) is 19.1 Å². The van der Waals surface area contributed by atoms with Gasteiger partial charge in [-0.1, -0.05) is 0 Å². The molecule has 6 nitrogen and oxygen atoms in total. The van der Waals surface area contributed by atoms with Gasteiger partial charge in [0.2, 0.25) is 0 Å². The molecule has 100 valence electrons. The van der Waals surface area contributed by atoms with E-state index in [2.05, 4.69) is 5.10 Å². The second-order valence-electron chi connectivity index (χ2n) is 4.36. The number of aromatic carboxylic acids is 1. The number of ketones is 1. The van der Waals surface area contributed by atoms with E-state index >= 15 is 0 Å². The summed E-state index contributed by atoms with van der Waals surface area (Å²) in [4.78, 5) is 22.4. The van der Waals surface area contributed by atoms with Gasteiger partial charge in [0.1, 0.15) is 5.69 Å². The average molecular weight is 261 g/mol. The van der Waals surface area contributed by atoms with Crippen molar-refractivity contribution >= 4 is 11.8 Å². The predicted molar refractivity (Wildman–Crippen MR) is 68.3 cm³/mol. The zero-order valence-corrected chi connectivity index (χ0v) is 10.8. The first-order valence-corrected chi connectivity index (χ1v) is 5.90. The van der Waals surface area contributed by atoms with Crippen LogP contribution in [-0.4, -0.2) is 31.2 Å². The molecule has 1 N–H and O–H groups in total. The van der Waals surface area contributed by atoms with Gasteiger partial charge in [0, 0.05) is 43.7 Å². The minimum Gasteiger partial charge on any atom is -0.477 e. The topological polar surface area (TPSA) is 77.1 Å². The van der Waals surface area contributed by atoms with Crippen LogP contribution in [0.25, 0.3) is 0 Å². The number of rotatable bonds is 5. The van der Waals surface area contributed by atoms with E-state index in [1.165, 1.54) is 13.0 Å². The number of carbonyl (C=O) groups excluding carboxylic acids is 1. The summed E-state index contributed by atoms with van der Waals surface area (Å²) in [6, 6.07) is 3.30. The Labute approximate surface area is 110 Å². The average Bonchev–Trinajstić information content (AvgIpc) is 2.92. The number of hydrogen-bond donors (Lipinski definition) is 1. The first kappa shape index (κ1) is 13.1. The summed E-state index contributed by atoms with van der Waals surface area (Å²) >= 11 is 0. The molecule has 0 atom stereocenters. The number of Topliss-reactive ketones (excluding diaryl/α,β-unsaturated/α-hetero) is 1. The zero-order valence-electron chi connectivity index (χ0n) is 10.8. The minimum atomic E-state index is -1.03. The lowest BCUT2D eigenvalue weighted by molar-refractivity contribution is 0.0685. The van der Waals surface area contributed by atoms with Crippen molar-refractivity contribution in [2.45, 2.75) is 19.9 Å². The lowest BCUT2D eigenvalue weighted by Gasteiger charge is -2.06. The number of nitrogens with zero attached hydrogens (tertiary/aromatic N) is 3. The van der Waals surface area contributed by atoms with Crippen LogP contribution in [0.2, 0.25) is 0 Å². The van der Waals surface area contributed by atoms with Gasteiger partial charge in [0.05, 0.1) is 0 Å². The standard InChI is InChI=1S/C13H15N3O3/c1-9(17)10-7-12(13(18)19)16(8-10)6-4-11-3-5-14-15(11)2/h3,5,7-8H,4,6H2,1-2H3,(H,18,19). The van der Waals surface area contributed by atoms with Crippen molar-refractivity contribution in [2.24, 2.45) is 7.05 Å². The number of carboxylic acids is 1. The van der Waals surface area contributed by atoms with Crippen molar-refractivity contribution in [3.63, 3.8) is 0 Å². The SMILES string of the molecule is CC(=O)c1cc(C(=O)O)n(CCc2ccnn2C)c1. The molecule has 0 spiro atoms. The summed E-state index contributed by atoms with van der Waals surface area (Å²) in [6.45, 7) is 1.92. The van der Waals surface area contributed by atoms with E-state index in [9.17, 15) is 9.59 Å². The molecule has 2 heterocycles. The van der Waals surface area contributed by atoms with Crippen molar-refractivity contribution < 1.29 is 14.7 Å². The summed E-state index contributed by atoms with van der Waals surface area (Å²) in [5.74, 6) is -1.17. The van der Waals surface area contributed by atoms with Crippen LogP contribution in [0.5, 0.6) is 0 Å². The van der Waals surface area contributed by atoms with Crippen LogP contribution in [0.1, 0.15) is 33.5 Å². The van der Waals surface area contributed by atoms with E-state index in [-0.39, 0.29) is 11.5 Å². The largest absolute Gasteiger partial charge is 0.477 e. The molecular weight excluding hydrogens is 246 g/mol. The van der Waals surface area contributed by atoms with Crippen LogP contribution in [0, 0.1) is 0 Å². The van der Waals surface area contributed by atoms with Gasteiger partial charge in [-0.15, -0.1) is 0 Å². The second-order valence-corrected chi connectivity index (χ2v) is 4.36. The van der Waals surface area contributed by atoms with Gasteiger partial charge >= 0.3 is 5.97 Å². The molecule has 0 unspecified atom stereocenters. The summed E-state index contributed by atoms with van der Waals surface area (Å²) in [6.07, 6.45) is 3.94. The van der Waals surface area contributed by atoms with Crippen molar-refractivity contribution in [1.82, 2.24) is 14.3 Å². The first-order chi connectivity index (χ1) is 8.99. The van der Waals surface area contributed by atoms with Gasteiger partial charge in [0.15, 0.2) is 5.78 Å².